The molecule has 0 aromatic heterocycles. The fourth-order valence-corrected chi connectivity index (χ4v) is 2.14. The highest BCUT2D eigenvalue weighted by Gasteiger charge is 2.14. The van der Waals surface area contributed by atoms with Crippen LogP contribution in [0, 0.1) is 5.41 Å². The summed E-state index contributed by atoms with van der Waals surface area (Å²) in [4.78, 5) is 17.7. The molecule has 0 aliphatic rings. The Morgan fingerprint density at radius 3 is 2.10 bits per heavy atom. The van der Waals surface area contributed by atoms with Gasteiger partial charge in [-0.05, 0) is 28.9 Å². The molecular weight excluding hydrogens is 283 g/mol. The van der Waals surface area contributed by atoms with Gasteiger partial charge in [0, 0.05) is 0 Å². The van der Waals surface area contributed by atoms with Crippen molar-refractivity contribution in [3.63, 3.8) is 0 Å². The molecule has 0 heterocycles. The second kappa shape index (κ2) is 8.73. The maximum atomic E-state index is 10.8. The van der Waals surface area contributed by atoms with Gasteiger partial charge in [-0.3, -0.25) is 4.57 Å². The summed E-state index contributed by atoms with van der Waals surface area (Å²) in [5.41, 5.74) is 2.39. The molecule has 3 nitrogen and oxygen atoms in total. The summed E-state index contributed by atoms with van der Waals surface area (Å²) in [6.07, 6.45) is 2.13. The van der Waals surface area contributed by atoms with Crippen molar-refractivity contribution >= 4 is 7.60 Å². The smallest absolute Gasteiger partial charge is 0.324 e. The highest BCUT2D eigenvalue weighted by Crippen LogP contribution is 2.39. The van der Waals surface area contributed by atoms with Crippen LogP contribution in [0.15, 0.2) is 24.3 Å². The fourth-order valence-electron chi connectivity index (χ4n) is 1.47. The van der Waals surface area contributed by atoms with Gasteiger partial charge in [0.1, 0.15) is 0 Å². The molecule has 0 saturated heterocycles. The van der Waals surface area contributed by atoms with Crippen molar-refractivity contribution in [1.82, 2.24) is 0 Å². The van der Waals surface area contributed by atoms with E-state index in [1.165, 1.54) is 6.42 Å². The molecule has 0 saturated carbocycles. The van der Waals surface area contributed by atoms with Gasteiger partial charge in [0.2, 0.25) is 0 Å². The Bertz CT molecular complexity index is 457. The van der Waals surface area contributed by atoms with Crippen molar-refractivity contribution < 1.29 is 14.4 Å². The third kappa shape index (κ3) is 10.7. The van der Waals surface area contributed by atoms with Crippen molar-refractivity contribution in [3.05, 3.63) is 35.4 Å². The molecule has 4 heteroatoms. The van der Waals surface area contributed by atoms with E-state index in [1.807, 2.05) is 18.2 Å². The highest BCUT2D eigenvalue weighted by molar-refractivity contribution is 7.50. The summed E-state index contributed by atoms with van der Waals surface area (Å²) in [5, 5.41) is 0. The molecule has 2 N–H and O–H groups in total. The van der Waals surface area contributed by atoms with E-state index < -0.39 is 7.60 Å². The van der Waals surface area contributed by atoms with Gasteiger partial charge in [0.15, 0.2) is 0 Å². The third-order valence-electron chi connectivity index (χ3n) is 3.58. The van der Waals surface area contributed by atoms with Crippen LogP contribution in [0.1, 0.15) is 71.4 Å². The van der Waals surface area contributed by atoms with E-state index in [0.717, 1.165) is 12.0 Å². The van der Waals surface area contributed by atoms with E-state index in [9.17, 15) is 4.57 Å². The van der Waals surface area contributed by atoms with Gasteiger partial charge in [-0.15, -0.1) is 0 Å². The van der Waals surface area contributed by atoms with Gasteiger partial charge >= 0.3 is 7.60 Å². The van der Waals surface area contributed by atoms with Gasteiger partial charge in [0.05, 0.1) is 6.16 Å². The van der Waals surface area contributed by atoms with E-state index in [-0.39, 0.29) is 6.16 Å². The lowest BCUT2D eigenvalue weighted by Gasteiger charge is -2.12. The Hall–Kier alpha value is -0.630. The zero-order valence-electron chi connectivity index (χ0n) is 14.3. The molecule has 1 unspecified atom stereocenters. The minimum Gasteiger partial charge on any atom is -0.324 e. The molecule has 1 aromatic carbocycles. The molecule has 0 amide bonds. The zero-order valence-corrected chi connectivity index (χ0v) is 15.2. The van der Waals surface area contributed by atoms with Crippen molar-refractivity contribution in [1.29, 1.82) is 0 Å². The zero-order chi connectivity index (χ0) is 16.7. The SMILES string of the molecule is CCC(C)(C)C.CCC(C)c1cccc(CP(=O)(O)O)c1. The molecule has 0 spiro atoms. The maximum Gasteiger partial charge on any atom is 0.329 e. The van der Waals surface area contributed by atoms with E-state index in [2.05, 4.69) is 41.5 Å². The molecule has 21 heavy (non-hydrogen) atoms. The van der Waals surface area contributed by atoms with Crippen LogP contribution in [-0.2, 0) is 10.7 Å². The van der Waals surface area contributed by atoms with Gasteiger partial charge in [-0.2, -0.15) is 0 Å². The van der Waals surface area contributed by atoms with Crippen LogP contribution in [0.5, 0.6) is 0 Å². The number of rotatable bonds is 4. The van der Waals surface area contributed by atoms with Crippen LogP contribution >= 0.6 is 7.60 Å². The molecule has 0 radical (unpaired) electrons. The summed E-state index contributed by atoms with van der Waals surface area (Å²) in [5.74, 6) is 0.432. The number of hydrogen-bond donors (Lipinski definition) is 2. The molecule has 1 atom stereocenters. The summed E-state index contributed by atoms with van der Waals surface area (Å²) in [7, 11) is -3.95. The second-order valence-corrected chi connectivity index (χ2v) is 8.44. The van der Waals surface area contributed by atoms with Gasteiger partial charge in [0.25, 0.3) is 0 Å². The fraction of sp³-hybridized carbons (Fsp3) is 0.647. The number of hydrogen-bond acceptors (Lipinski definition) is 1. The molecule has 0 aliphatic heterocycles. The van der Waals surface area contributed by atoms with Gasteiger partial charge < -0.3 is 9.79 Å². The van der Waals surface area contributed by atoms with Gasteiger partial charge in [-0.25, -0.2) is 0 Å². The minimum absolute atomic E-state index is 0.169. The number of benzene rings is 1. The predicted molar refractivity (Wildman–Crippen MR) is 90.6 cm³/mol. The van der Waals surface area contributed by atoms with Crippen LogP contribution in [0.25, 0.3) is 0 Å². The molecule has 0 fully saturated rings. The lowest BCUT2D eigenvalue weighted by atomic mass is 9.94. The van der Waals surface area contributed by atoms with Crippen LogP contribution in [0.2, 0.25) is 0 Å². The Morgan fingerprint density at radius 2 is 1.71 bits per heavy atom. The van der Waals surface area contributed by atoms with E-state index in [4.69, 9.17) is 9.79 Å². The Labute approximate surface area is 130 Å². The summed E-state index contributed by atoms with van der Waals surface area (Å²) in [6, 6.07) is 7.49. The minimum atomic E-state index is -3.95. The van der Waals surface area contributed by atoms with E-state index in [1.54, 1.807) is 6.07 Å². The first kappa shape index (κ1) is 20.4. The molecule has 1 aromatic rings. The van der Waals surface area contributed by atoms with Crippen molar-refractivity contribution in [2.75, 3.05) is 0 Å². The van der Waals surface area contributed by atoms with Crippen LogP contribution < -0.4 is 0 Å². The quantitative estimate of drug-likeness (QED) is 0.739. The van der Waals surface area contributed by atoms with Crippen molar-refractivity contribution in [2.24, 2.45) is 5.41 Å². The topological polar surface area (TPSA) is 57.5 Å². The predicted octanol–water partition coefficient (Wildman–Crippen LogP) is 5.32. The Balaban J connectivity index is 0.000000567. The average Bonchev–Trinajstić information content (AvgIpc) is 2.36. The standard InChI is InChI=1S/C11H17O3P.C6H14/c1-3-9(2)11-6-4-5-10(7-11)8-15(12,13)14;1-5-6(2,3)4/h4-7,9H,3,8H2,1-2H3,(H2,12,13,14);5H2,1-4H3. The summed E-state index contributed by atoms with van der Waals surface area (Å²) < 4.78 is 10.8. The first-order valence-electron chi connectivity index (χ1n) is 7.62. The Morgan fingerprint density at radius 1 is 1.19 bits per heavy atom. The van der Waals surface area contributed by atoms with Crippen molar-refractivity contribution in [2.45, 2.75) is 66.5 Å². The highest BCUT2D eigenvalue weighted by atomic mass is 31.2. The molecular formula is C17H31O3P. The second-order valence-electron chi connectivity index (χ2n) is 6.79. The normalized spacial score (nSPS) is 13.3. The lowest BCUT2D eigenvalue weighted by molar-refractivity contribution is 0.371. The van der Waals surface area contributed by atoms with Crippen LogP contribution in [0.4, 0.5) is 0 Å². The van der Waals surface area contributed by atoms with Gasteiger partial charge in [-0.1, -0.05) is 72.2 Å². The maximum absolute atomic E-state index is 10.8. The molecule has 0 aliphatic carbocycles. The monoisotopic (exact) mass is 314 g/mol. The third-order valence-corrected chi connectivity index (χ3v) is 4.36. The first-order valence-corrected chi connectivity index (χ1v) is 9.41. The largest absolute Gasteiger partial charge is 0.329 e. The summed E-state index contributed by atoms with van der Waals surface area (Å²) >= 11 is 0. The first-order chi connectivity index (χ1) is 9.48. The summed E-state index contributed by atoms with van der Waals surface area (Å²) in [6.45, 7) is 13.1. The average molecular weight is 314 g/mol. The van der Waals surface area contributed by atoms with Crippen LogP contribution in [0.3, 0.4) is 0 Å². The Kier molecular flexibility index (Phi) is 8.46. The van der Waals surface area contributed by atoms with Crippen LogP contribution in [-0.4, -0.2) is 9.79 Å². The lowest BCUT2D eigenvalue weighted by Crippen LogP contribution is -2.00. The molecule has 1 rings (SSSR count). The molecule has 122 valence electrons. The van der Waals surface area contributed by atoms with E-state index in [0.29, 0.717) is 16.9 Å². The van der Waals surface area contributed by atoms with Crippen molar-refractivity contribution in [3.8, 4) is 0 Å². The molecule has 0 bridgehead atoms. The van der Waals surface area contributed by atoms with E-state index >= 15 is 0 Å².